The molecule has 1 aliphatic heterocycles. The van der Waals surface area contributed by atoms with Crippen LogP contribution in [0.15, 0.2) is 66.7 Å². The smallest absolute Gasteiger partial charge is 0.322 e. The number of carbonyl (C=O) groups excluding carboxylic acids is 3. The minimum absolute atomic E-state index is 0.200. The van der Waals surface area contributed by atoms with Crippen molar-refractivity contribution in [3.05, 3.63) is 72.4 Å². The van der Waals surface area contributed by atoms with Crippen molar-refractivity contribution < 1.29 is 14.4 Å². The number of carbonyl (C=O) groups is 3. The molecule has 2 aromatic carbocycles. The van der Waals surface area contributed by atoms with E-state index in [0.717, 1.165) is 10.6 Å². The van der Waals surface area contributed by atoms with Gasteiger partial charge in [0, 0.05) is 5.56 Å². The van der Waals surface area contributed by atoms with E-state index in [1.165, 1.54) is 4.68 Å². The number of benzene rings is 2. The third-order valence-corrected chi connectivity index (χ3v) is 5.19. The number of amides is 4. The lowest BCUT2D eigenvalue weighted by atomic mass is 10.00. The molecule has 8 nitrogen and oxygen atoms in total. The summed E-state index contributed by atoms with van der Waals surface area (Å²) in [4.78, 5) is 38.0. The summed E-state index contributed by atoms with van der Waals surface area (Å²) in [7, 11) is 0. The van der Waals surface area contributed by atoms with Crippen molar-refractivity contribution in [1.29, 1.82) is 0 Å². The number of imide groups is 1. The summed E-state index contributed by atoms with van der Waals surface area (Å²) in [5.41, 5.74) is 3.71. The van der Waals surface area contributed by atoms with Crippen LogP contribution in [0.25, 0.3) is 16.9 Å². The van der Waals surface area contributed by atoms with Gasteiger partial charge in [0.2, 0.25) is 0 Å². The minimum Gasteiger partial charge on any atom is -0.322 e. The molecule has 8 heteroatoms. The quantitative estimate of drug-likeness (QED) is 0.640. The summed E-state index contributed by atoms with van der Waals surface area (Å²) in [6.45, 7) is 3.42. The van der Waals surface area contributed by atoms with E-state index < -0.39 is 23.4 Å². The van der Waals surface area contributed by atoms with Gasteiger partial charge in [0.15, 0.2) is 0 Å². The Morgan fingerprint density at radius 2 is 1.70 bits per heavy atom. The highest BCUT2D eigenvalue weighted by Crippen LogP contribution is 2.23. The third-order valence-electron chi connectivity index (χ3n) is 5.19. The topological polar surface area (TPSA) is 96.3 Å². The zero-order valence-corrected chi connectivity index (χ0v) is 16.6. The fraction of sp³-hybridized carbons (Fsp3) is 0.182. The van der Waals surface area contributed by atoms with E-state index in [-0.39, 0.29) is 5.69 Å². The number of para-hydroxylation sites is 1. The van der Waals surface area contributed by atoms with Crippen LogP contribution < -0.4 is 10.7 Å². The van der Waals surface area contributed by atoms with Crippen LogP contribution in [-0.2, 0) is 4.79 Å². The van der Waals surface area contributed by atoms with Gasteiger partial charge in [-0.05, 0) is 31.5 Å². The number of hydrogen-bond acceptors (Lipinski definition) is 4. The van der Waals surface area contributed by atoms with Gasteiger partial charge in [-0.1, -0.05) is 55.5 Å². The van der Waals surface area contributed by atoms with Gasteiger partial charge < -0.3 is 5.32 Å². The van der Waals surface area contributed by atoms with Crippen molar-refractivity contribution >= 4 is 17.8 Å². The van der Waals surface area contributed by atoms with E-state index in [1.54, 1.807) is 19.9 Å². The number of nitrogens with one attached hydrogen (secondary N) is 2. The molecular weight excluding hydrogens is 382 g/mol. The van der Waals surface area contributed by atoms with E-state index in [9.17, 15) is 14.4 Å². The lowest BCUT2D eigenvalue weighted by molar-refractivity contribution is -0.132. The number of nitrogens with zero attached hydrogens (tertiary/aromatic N) is 3. The van der Waals surface area contributed by atoms with E-state index in [4.69, 9.17) is 0 Å². The maximum absolute atomic E-state index is 13.1. The van der Waals surface area contributed by atoms with Crippen LogP contribution in [0, 0.1) is 0 Å². The Morgan fingerprint density at radius 1 is 1.07 bits per heavy atom. The summed E-state index contributed by atoms with van der Waals surface area (Å²) in [6.07, 6.45) is 0.407. The first kappa shape index (κ1) is 19.4. The van der Waals surface area contributed by atoms with E-state index in [0.29, 0.717) is 17.8 Å². The largest absolute Gasteiger partial charge is 0.344 e. The number of hydrogen-bond donors (Lipinski definition) is 2. The molecule has 1 aliphatic rings. The molecule has 0 spiro atoms. The molecule has 0 aliphatic carbocycles. The molecule has 4 amide bonds. The van der Waals surface area contributed by atoms with Gasteiger partial charge in [0.25, 0.3) is 11.8 Å². The zero-order valence-electron chi connectivity index (χ0n) is 16.6. The first-order valence-electron chi connectivity index (χ1n) is 9.61. The molecule has 3 aromatic rings. The van der Waals surface area contributed by atoms with Gasteiger partial charge in [0.1, 0.15) is 11.2 Å². The average molecular weight is 403 g/mol. The molecule has 0 radical (unpaired) electrons. The monoisotopic (exact) mass is 403 g/mol. The Morgan fingerprint density at radius 3 is 2.30 bits per heavy atom. The molecule has 30 heavy (non-hydrogen) atoms. The molecule has 1 atom stereocenters. The van der Waals surface area contributed by atoms with Crippen molar-refractivity contribution in [2.24, 2.45) is 0 Å². The maximum Gasteiger partial charge on any atom is 0.344 e. The number of aromatic nitrogens is 2. The molecule has 152 valence electrons. The first-order valence-corrected chi connectivity index (χ1v) is 9.61. The summed E-state index contributed by atoms with van der Waals surface area (Å²) >= 11 is 0. The lowest BCUT2D eigenvalue weighted by Gasteiger charge is -2.19. The summed E-state index contributed by atoms with van der Waals surface area (Å²) < 4.78 is 1.50. The van der Waals surface area contributed by atoms with Gasteiger partial charge >= 0.3 is 6.03 Å². The van der Waals surface area contributed by atoms with Crippen LogP contribution >= 0.6 is 0 Å². The second-order valence-corrected chi connectivity index (χ2v) is 7.23. The Hall–Kier alpha value is -3.94. The number of urea groups is 1. The van der Waals surface area contributed by atoms with Crippen molar-refractivity contribution in [1.82, 2.24) is 25.5 Å². The molecule has 2 heterocycles. The number of rotatable bonds is 5. The third kappa shape index (κ3) is 3.32. The highest BCUT2D eigenvalue weighted by Gasteiger charge is 2.47. The summed E-state index contributed by atoms with van der Waals surface area (Å²) in [5.74, 6) is -1.12. The van der Waals surface area contributed by atoms with Crippen molar-refractivity contribution in [3.63, 3.8) is 0 Å². The van der Waals surface area contributed by atoms with E-state index in [1.807, 2.05) is 60.7 Å². The second kappa shape index (κ2) is 7.47. The molecule has 1 fully saturated rings. The van der Waals surface area contributed by atoms with E-state index in [2.05, 4.69) is 15.8 Å². The van der Waals surface area contributed by atoms with Crippen LogP contribution in [0.2, 0.25) is 0 Å². The standard InChI is InChI=1S/C22H21N5O3/c1-3-22(2)20(29)27(21(30)23-22)25-19(28)18-14-17(15-10-6-4-7-11-15)24-26(18)16-12-8-5-9-13-16/h4-14H,3H2,1-2H3,(H,23,30)(H,25,28)/t22-/m1/s1. The van der Waals surface area contributed by atoms with E-state index >= 15 is 0 Å². The first-order chi connectivity index (χ1) is 14.4. The van der Waals surface area contributed by atoms with Gasteiger partial charge in [-0.3, -0.25) is 15.0 Å². The van der Waals surface area contributed by atoms with Gasteiger partial charge in [-0.2, -0.15) is 10.1 Å². The fourth-order valence-electron chi connectivity index (χ4n) is 3.24. The molecule has 0 bridgehead atoms. The number of hydrazine groups is 1. The average Bonchev–Trinajstić information content (AvgIpc) is 3.31. The predicted octanol–water partition coefficient (Wildman–Crippen LogP) is 2.90. The normalized spacial score (nSPS) is 18.4. The van der Waals surface area contributed by atoms with Crippen LogP contribution in [0.1, 0.15) is 30.8 Å². The van der Waals surface area contributed by atoms with Crippen molar-refractivity contribution in [3.8, 4) is 16.9 Å². The molecular formula is C22H21N5O3. The summed E-state index contributed by atoms with van der Waals surface area (Å²) in [6, 6.07) is 19.6. The Kier molecular flexibility index (Phi) is 4.83. The van der Waals surface area contributed by atoms with Crippen LogP contribution in [-0.4, -0.2) is 38.2 Å². The molecule has 0 unspecified atom stereocenters. The lowest BCUT2D eigenvalue weighted by Crippen LogP contribution is -2.48. The zero-order chi connectivity index (χ0) is 21.3. The predicted molar refractivity (Wildman–Crippen MR) is 111 cm³/mol. The van der Waals surface area contributed by atoms with Crippen molar-refractivity contribution in [2.75, 3.05) is 0 Å². The van der Waals surface area contributed by atoms with Gasteiger partial charge in [-0.25, -0.2) is 9.48 Å². The molecule has 0 saturated carbocycles. The summed E-state index contributed by atoms with van der Waals surface area (Å²) in [5, 5.41) is 7.93. The van der Waals surface area contributed by atoms with Crippen LogP contribution in [0.3, 0.4) is 0 Å². The molecule has 1 aromatic heterocycles. The van der Waals surface area contributed by atoms with Gasteiger partial charge in [-0.15, -0.1) is 0 Å². The Bertz CT molecular complexity index is 1110. The minimum atomic E-state index is -1.04. The van der Waals surface area contributed by atoms with Gasteiger partial charge in [0.05, 0.1) is 11.4 Å². The second-order valence-electron chi connectivity index (χ2n) is 7.23. The SMILES string of the molecule is CC[C@@]1(C)NC(=O)N(NC(=O)c2cc(-c3ccccc3)nn2-c2ccccc2)C1=O. The van der Waals surface area contributed by atoms with Crippen molar-refractivity contribution in [2.45, 2.75) is 25.8 Å². The fourth-order valence-corrected chi connectivity index (χ4v) is 3.24. The Labute approximate surface area is 173 Å². The maximum atomic E-state index is 13.1. The molecule has 2 N–H and O–H groups in total. The van der Waals surface area contributed by atoms with Crippen LogP contribution in [0.5, 0.6) is 0 Å². The van der Waals surface area contributed by atoms with Crippen LogP contribution in [0.4, 0.5) is 4.79 Å². The Balaban J connectivity index is 1.71. The highest BCUT2D eigenvalue weighted by atomic mass is 16.2. The highest BCUT2D eigenvalue weighted by molar-refractivity contribution is 6.09. The molecule has 1 saturated heterocycles. The molecule has 4 rings (SSSR count).